The van der Waals surface area contributed by atoms with Crippen LogP contribution in [0.2, 0.25) is 5.02 Å². The lowest BCUT2D eigenvalue weighted by Gasteiger charge is -2.20. The second kappa shape index (κ2) is 5.54. The van der Waals surface area contributed by atoms with Crippen molar-refractivity contribution in [3.8, 4) is 0 Å². The van der Waals surface area contributed by atoms with Gasteiger partial charge in [0, 0.05) is 19.3 Å². The number of aromatic nitrogens is 2. The molecule has 2 aliphatic carbocycles. The summed E-state index contributed by atoms with van der Waals surface area (Å²) in [6, 6.07) is 0.429. The standard InChI is InChI=1S/C13H16ClN5S/c1-19-7-10(14)12(18-19)6-15-17-13(20)16-11-5-8-2-3-9(11)4-8/h2-3,6-9,11H,4-5H2,1H3,(H2,16,17,20). The number of nitrogens with zero attached hydrogens (tertiary/aromatic N) is 3. The van der Waals surface area contributed by atoms with Gasteiger partial charge in [0.1, 0.15) is 5.69 Å². The first-order valence-electron chi connectivity index (χ1n) is 6.59. The minimum Gasteiger partial charge on any atom is -0.358 e. The zero-order valence-electron chi connectivity index (χ0n) is 11.1. The molecule has 0 aromatic carbocycles. The fourth-order valence-corrected chi connectivity index (χ4v) is 3.30. The Morgan fingerprint density at radius 1 is 1.55 bits per heavy atom. The number of nitrogens with one attached hydrogen (secondary N) is 2. The number of rotatable bonds is 3. The largest absolute Gasteiger partial charge is 0.358 e. The van der Waals surface area contributed by atoms with Crippen molar-refractivity contribution in [3.63, 3.8) is 0 Å². The SMILES string of the molecule is Cn1cc(Cl)c(C=NNC(=S)NC2CC3C=CC2C3)n1. The van der Waals surface area contributed by atoms with E-state index in [1.54, 1.807) is 17.1 Å². The van der Waals surface area contributed by atoms with Gasteiger partial charge in [0.25, 0.3) is 0 Å². The smallest absolute Gasteiger partial charge is 0.187 e. The van der Waals surface area contributed by atoms with Gasteiger partial charge in [-0.3, -0.25) is 10.1 Å². The van der Waals surface area contributed by atoms with E-state index in [9.17, 15) is 0 Å². The Morgan fingerprint density at radius 3 is 3.00 bits per heavy atom. The van der Waals surface area contributed by atoms with Crippen LogP contribution in [0.4, 0.5) is 0 Å². The average molecular weight is 310 g/mol. The van der Waals surface area contributed by atoms with Gasteiger partial charge in [-0.1, -0.05) is 23.8 Å². The maximum atomic E-state index is 5.98. The normalized spacial score (nSPS) is 27.4. The fraction of sp³-hybridized carbons (Fsp3) is 0.462. The summed E-state index contributed by atoms with van der Waals surface area (Å²) < 4.78 is 1.64. The molecule has 3 unspecified atom stereocenters. The molecule has 2 aliphatic rings. The maximum absolute atomic E-state index is 5.98. The second-order valence-electron chi connectivity index (χ2n) is 5.27. The van der Waals surface area contributed by atoms with Crippen LogP contribution in [0.1, 0.15) is 18.5 Å². The number of thiocarbonyl (C=S) groups is 1. The van der Waals surface area contributed by atoms with E-state index < -0.39 is 0 Å². The van der Waals surface area contributed by atoms with Crippen molar-refractivity contribution < 1.29 is 0 Å². The number of hydrogen-bond donors (Lipinski definition) is 2. The summed E-state index contributed by atoms with van der Waals surface area (Å²) in [6.07, 6.45) is 10.3. The Hall–Kier alpha value is -1.40. The first-order valence-corrected chi connectivity index (χ1v) is 7.37. The first kappa shape index (κ1) is 13.6. The molecule has 0 spiro atoms. The molecule has 0 radical (unpaired) electrons. The van der Waals surface area contributed by atoms with Gasteiger partial charge >= 0.3 is 0 Å². The third kappa shape index (κ3) is 2.86. The second-order valence-corrected chi connectivity index (χ2v) is 6.08. The summed E-state index contributed by atoms with van der Waals surface area (Å²) in [5.74, 6) is 1.32. The van der Waals surface area contributed by atoms with Crippen LogP contribution < -0.4 is 10.7 Å². The lowest BCUT2D eigenvalue weighted by atomic mass is 10.0. The molecule has 2 bridgehead atoms. The molecule has 20 heavy (non-hydrogen) atoms. The number of aryl methyl sites for hydroxylation is 1. The molecule has 0 amide bonds. The van der Waals surface area contributed by atoms with Gasteiger partial charge in [-0.25, -0.2) is 0 Å². The Bertz CT molecular complexity index is 579. The molecule has 1 aromatic heterocycles. The molecule has 3 rings (SSSR count). The fourth-order valence-electron chi connectivity index (χ4n) is 2.86. The third-order valence-electron chi connectivity index (χ3n) is 3.76. The molecule has 5 nitrogen and oxygen atoms in total. The molecule has 106 valence electrons. The Morgan fingerprint density at radius 2 is 2.40 bits per heavy atom. The number of allylic oxidation sites excluding steroid dienone is 1. The molecule has 0 aliphatic heterocycles. The van der Waals surface area contributed by atoms with Crippen molar-refractivity contribution in [1.29, 1.82) is 0 Å². The van der Waals surface area contributed by atoms with Gasteiger partial charge < -0.3 is 5.32 Å². The summed E-state index contributed by atoms with van der Waals surface area (Å²) in [5.41, 5.74) is 3.43. The highest BCUT2D eigenvalue weighted by atomic mass is 35.5. The van der Waals surface area contributed by atoms with E-state index in [1.807, 2.05) is 7.05 Å². The molecule has 1 aromatic rings. The van der Waals surface area contributed by atoms with Crippen molar-refractivity contribution in [3.05, 3.63) is 29.1 Å². The molecule has 3 atom stereocenters. The predicted octanol–water partition coefficient (Wildman–Crippen LogP) is 1.84. The van der Waals surface area contributed by atoms with E-state index in [0.29, 0.717) is 27.8 Å². The Balaban J connectivity index is 1.50. The molecular weight excluding hydrogens is 294 g/mol. The zero-order chi connectivity index (χ0) is 14.1. The molecule has 1 heterocycles. The average Bonchev–Trinajstić information content (AvgIpc) is 3.06. The van der Waals surface area contributed by atoms with Crippen LogP contribution in [-0.2, 0) is 7.05 Å². The molecule has 7 heteroatoms. The summed E-state index contributed by atoms with van der Waals surface area (Å²) in [5, 5.41) is 12.6. The van der Waals surface area contributed by atoms with Crippen LogP contribution >= 0.6 is 23.8 Å². The van der Waals surface area contributed by atoms with Gasteiger partial charge in [0.15, 0.2) is 5.11 Å². The van der Waals surface area contributed by atoms with Crippen molar-refractivity contribution in [2.24, 2.45) is 24.0 Å². The van der Waals surface area contributed by atoms with E-state index in [1.165, 1.54) is 6.42 Å². The number of fused-ring (bicyclic) bond motifs is 2. The highest BCUT2D eigenvalue weighted by Gasteiger charge is 2.35. The molecular formula is C13H16ClN5S. The van der Waals surface area contributed by atoms with Crippen molar-refractivity contribution in [2.75, 3.05) is 0 Å². The third-order valence-corrected chi connectivity index (χ3v) is 4.26. The number of halogens is 1. The van der Waals surface area contributed by atoms with E-state index >= 15 is 0 Å². The highest BCUT2D eigenvalue weighted by Crippen LogP contribution is 2.38. The quantitative estimate of drug-likeness (QED) is 0.387. The van der Waals surface area contributed by atoms with Crippen molar-refractivity contribution in [1.82, 2.24) is 20.5 Å². The number of hydrazone groups is 1. The summed E-state index contributed by atoms with van der Waals surface area (Å²) >= 11 is 11.2. The van der Waals surface area contributed by atoms with Crippen LogP contribution in [0.5, 0.6) is 0 Å². The van der Waals surface area contributed by atoms with E-state index in [0.717, 1.165) is 12.3 Å². The van der Waals surface area contributed by atoms with Crippen LogP contribution in [-0.4, -0.2) is 27.1 Å². The molecule has 2 N–H and O–H groups in total. The van der Waals surface area contributed by atoms with Crippen molar-refractivity contribution >= 4 is 35.1 Å². The Labute approximate surface area is 128 Å². The van der Waals surface area contributed by atoms with Gasteiger partial charge in [0.2, 0.25) is 0 Å². The van der Waals surface area contributed by atoms with Crippen LogP contribution in [0.15, 0.2) is 23.5 Å². The topological polar surface area (TPSA) is 54.2 Å². The van der Waals surface area contributed by atoms with Crippen LogP contribution in [0.3, 0.4) is 0 Å². The Kier molecular flexibility index (Phi) is 3.76. The van der Waals surface area contributed by atoms with E-state index in [-0.39, 0.29) is 0 Å². The first-order chi connectivity index (χ1) is 9.61. The minimum atomic E-state index is 0.429. The van der Waals surface area contributed by atoms with Crippen molar-refractivity contribution in [2.45, 2.75) is 18.9 Å². The van der Waals surface area contributed by atoms with Gasteiger partial charge in [-0.05, 0) is 36.9 Å². The number of hydrogen-bond acceptors (Lipinski definition) is 3. The molecule has 1 fully saturated rings. The predicted molar refractivity (Wildman–Crippen MR) is 83.8 cm³/mol. The zero-order valence-corrected chi connectivity index (χ0v) is 12.7. The summed E-state index contributed by atoms with van der Waals surface area (Å²) in [7, 11) is 1.81. The summed E-state index contributed by atoms with van der Waals surface area (Å²) in [6.45, 7) is 0. The van der Waals surface area contributed by atoms with Crippen LogP contribution in [0.25, 0.3) is 0 Å². The van der Waals surface area contributed by atoms with Gasteiger partial charge in [0.05, 0.1) is 11.2 Å². The lowest BCUT2D eigenvalue weighted by molar-refractivity contribution is 0.521. The van der Waals surface area contributed by atoms with Crippen LogP contribution in [0, 0.1) is 11.8 Å². The van der Waals surface area contributed by atoms with Gasteiger partial charge in [-0.15, -0.1) is 0 Å². The monoisotopic (exact) mass is 309 g/mol. The minimum absolute atomic E-state index is 0.429. The van der Waals surface area contributed by atoms with E-state index in [4.69, 9.17) is 23.8 Å². The lowest BCUT2D eigenvalue weighted by Crippen LogP contribution is -2.42. The van der Waals surface area contributed by atoms with Gasteiger partial charge in [-0.2, -0.15) is 10.2 Å². The maximum Gasteiger partial charge on any atom is 0.187 e. The van der Waals surface area contributed by atoms with E-state index in [2.05, 4.69) is 33.1 Å². The highest BCUT2D eigenvalue weighted by molar-refractivity contribution is 7.80. The molecule has 0 saturated heterocycles. The molecule has 1 saturated carbocycles. The summed E-state index contributed by atoms with van der Waals surface area (Å²) in [4.78, 5) is 0.